The second-order valence-corrected chi connectivity index (χ2v) is 7.72. The number of likely N-dealkylation sites (tertiary alicyclic amines) is 1. The smallest absolute Gasteiger partial charge is 0.339 e. The lowest BCUT2D eigenvalue weighted by Gasteiger charge is -2.39. The second-order valence-electron chi connectivity index (χ2n) is 7.72. The lowest BCUT2D eigenvalue weighted by Crippen LogP contribution is -2.42. The average Bonchev–Trinajstić information content (AvgIpc) is 3.02. The van der Waals surface area contributed by atoms with Crippen molar-refractivity contribution >= 4 is 16.7 Å². The third kappa shape index (κ3) is 2.76. The van der Waals surface area contributed by atoms with Crippen LogP contribution in [0.2, 0.25) is 0 Å². The zero-order valence-corrected chi connectivity index (χ0v) is 16.0. The van der Waals surface area contributed by atoms with Gasteiger partial charge >= 0.3 is 5.97 Å². The molecule has 2 heterocycles. The number of methoxy groups -OCH3 is 1. The van der Waals surface area contributed by atoms with Gasteiger partial charge in [0, 0.05) is 38.0 Å². The fraction of sp³-hybridized carbons (Fsp3) is 0.292. The van der Waals surface area contributed by atoms with Gasteiger partial charge in [-0.1, -0.05) is 42.5 Å². The number of hydrogen-bond donors (Lipinski definition) is 0. The summed E-state index contributed by atoms with van der Waals surface area (Å²) in [6.45, 7) is 2.71. The Balaban J connectivity index is 1.39. The van der Waals surface area contributed by atoms with E-state index in [4.69, 9.17) is 9.47 Å². The van der Waals surface area contributed by atoms with Crippen molar-refractivity contribution in [2.75, 3.05) is 20.2 Å². The first kappa shape index (κ1) is 17.3. The van der Waals surface area contributed by atoms with E-state index >= 15 is 0 Å². The second kappa shape index (κ2) is 6.64. The molecule has 4 heteroatoms. The minimum absolute atomic E-state index is 0.177. The van der Waals surface area contributed by atoms with Gasteiger partial charge in [-0.3, -0.25) is 4.90 Å². The van der Waals surface area contributed by atoms with Crippen LogP contribution in [-0.4, -0.2) is 31.1 Å². The highest BCUT2D eigenvalue weighted by molar-refractivity contribution is 6.02. The third-order valence-corrected chi connectivity index (χ3v) is 6.12. The van der Waals surface area contributed by atoms with E-state index in [0.29, 0.717) is 0 Å². The van der Waals surface area contributed by atoms with Gasteiger partial charge in [0.05, 0.1) is 12.7 Å². The zero-order chi connectivity index (χ0) is 19.1. The van der Waals surface area contributed by atoms with Gasteiger partial charge in [-0.25, -0.2) is 4.79 Å². The molecule has 0 N–H and O–H groups in total. The topological polar surface area (TPSA) is 38.8 Å². The van der Waals surface area contributed by atoms with Gasteiger partial charge in [-0.05, 0) is 34.5 Å². The van der Waals surface area contributed by atoms with Gasteiger partial charge in [0.25, 0.3) is 0 Å². The molecule has 2 aliphatic heterocycles. The largest absolute Gasteiger partial charge is 0.497 e. The molecule has 3 aromatic rings. The van der Waals surface area contributed by atoms with Gasteiger partial charge in [-0.15, -0.1) is 0 Å². The molecular formula is C24H23NO3. The predicted octanol–water partition coefficient (Wildman–Crippen LogP) is 4.51. The molecule has 0 bridgehead atoms. The first-order valence-electron chi connectivity index (χ1n) is 9.79. The van der Waals surface area contributed by atoms with E-state index in [1.54, 1.807) is 7.11 Å². The van der Waals surface area contributed by atoms with E-state index in [-0.39, 0.29) is 5.97 Å². The van der Waals surface area contributed by atoms with Crippen LogP contribution in [0.4, 0.5) is 0 Å². The van der Waals surface area contributed by atoms with Crippen LogP contribution in [0.5, 0.6) is 5.75 Å². The summed E-state index contributed by atoms with van der Waals surface area (Å²) in [6, 6.07) is 20.5. The number of ether oxygens (including phenoxy) is 2. The molecule has 1 spiro atoms. The van der Waals surface area contributed by atoms with Crippen molar-refractivity contribution in [3.05, 3.63) is 77.4 Å². The minimum Gasteiger partial charge on any atom is -0.497 e. The lowest BCUT2D eigenvalue weighted by molar-refractivity contribution is -0.0434. The Morgan fingerprint density at radius 1 is 1.00 bits per heavy atom. The van der Waals surface area contributed by atoms with E-state index in [9.17, 15) is 4.79 Å². The van der Waals surface area contributed by atoms with Crippen LogP contribution in [0, 0.1) is 0 Å². The van der Waals surface area contributed by atoms with Crippen LogP contribution in [0.25, 0.3) is 10.8 Å². The van der Waals surface area contributed by atoms with Crippen LogP contribution in [0.1, 0.15) is 34.3 Å². The van der Waals surface area contributed by atoms with Crippen molar-refractivity contribution in [3.63, 3.8) is 0 Å². The summed E-state index contributed by atoms with van der Waals surface area (Å²) in [5.41, 5.74) is 2.62. The highest BCUT2D eigenvalue weighted by atomic mass is 16.6. The number of nitrogens with zero attached hydrogens (tertiary/aromatic N) is 1. The predicted molar refractivity (Wildman–Crippen MR) is 109 cm³/mol. The maximum Gasteiger partial charge on any atom is 0.339 e. The van der Waals surface area contributed by atoms with Gasteiger partial charge in [0.15, 0.2) is 0 Å². The lowest BCUT2D eigenvalue weighted by atomic mass is 9.81. The molecule has 0 amide bonds. The van der Waals surface area contributed by atoms with Crippen molar-refractivity contribution in [1.29, 1.82) is 0 Å². The molecule has 1 fully saturated rings. The van der Waals surface area contributed by atoms with Crippen LogP contribution in [0.15, 0.2) is 60.7 Å². The number of carbonyl (C=O) groups excluding carboxylic acids is 1. The summed E-state index contributed by atoms with van der Waals surface area (Å²) < 4.78 is 11.3. The Labute approximate surface area is 164 Å². The molecule has 4 nitrogen and oxygen atoms in total. The molecule has 28 heavy (non-hydrogen) atoms. The number of esters is 1. The van der Waals surface area contributed by atoms with Crippen LogP contribution < -0.4 is 4.74 Å². The number of rotatable bonds is 3. The molecular weight excluding hydrogens is 350 g/mol. The first-order valence-corrected chi connectivity index (χ1v) is 9.79. The van der Waals surface area contributed by atoms with E-state index in [1.165, 1.54) is 10.9 Å². The summed E-state index contributed by atoms with van der Waals surface area (Å²) in [6.07, 6.45) is 1.66. The normalized spacial score (nSPS) is 18.2. The fourth-order valence-corrected chi connectivity index (χ4v) is 4.63. The number of benzene rings is 3. The van der Waals surface area contributed by atoms with Gasteiger partial charge < -0.3 is 9.47 Å². The maximum absolute atomic E-state index is 12.6. The van der Waals surface area contributed by atoms with Crippen molar-refractivity contribution < 1.29 is 14.3 Å². The van der Waals surface area contributed by atoms with Crippen molar-refractivity contribution in [1.82, 2.24) is 4.90 Å². The first-order chi connectivity index (χ1) is 13.7. The van der Waals surface area contributed by atoms with Crippen LogP contribution >= 0.6 is 0 Å². The molecule has 2 aliphatic rings. The van der Waals surface area contributed by atoms with Crippen LogP contribution in [0.3, 0.4) is 0 Å². The standard InChI is InChI=1S/C24H23NO3/c1-27-19-9-6-17(7-10-19)16-25-14-12-24(13-15-25)22-20-5-3-2-4-18(20)8-11-21(22)23(26)28-24/h2-11H,12-16H2,1H3. The molecule has 0 saturated carbocycles. The number of hydrogen-bond acceptors (Lipinski definition) is 4. The summed E-state index contributed by atoms with van der Waals surface area (Å²) in [7, 11) is 1.68. The van der Waals surface area contributed by atoms with Crippen LogP contribution in [-0.2, 0) is 16.9 Å². The molecule has 1 saturated heterocycles. The number of piperidine rings is 1. The number of fused-ring (bicyclic) bond motifs is 4. The molecule has 142 valence electrons. The molecule has 0 aliphatic carbocycles. The quantitative estimate of drug-likeness (QED) is 0.633. The Kier molecular flexibility index (Phi) is 4.09. The summed E-state index contributed by atoms with van der Waals surface area (Å²) >= 11 is 0. The highest BCUT2D eigenvalue weighted by Gasteiger charge is 2.48. The van der Waals surface area contributed by atoms with E-state index in [2.05, 4.69) is 29.2 Å². The summed E-state index contributed by atoms with van der Waals surface area (Å²) in [5, 5.41) is 2.31. The summed E-state index contributed by atoms with van der Waals surface area (Å²) in [5.74, 6) is 0.701. The Morgan fingerprint density at radius 3 is 2.50 bits per heavy atom. The Morgan fingerprint density at radius 2 is 1.75 bits per heavy atom. The monoisotopic (exact) mass is 373 g/mol. The van der Waals surface area contributed by atoms with Crippen molar-refractivity contribution in [3.8, 4) is 5.75 Å². The van der Waals surface area contributed by atoms with Crippen molar-refractivity contribution in [2.45, 2.75) is 25.0 Å². The fourth-order valence-electron chi connectivity index (χ4n) is 4.63. The minimum atomic E-state index is -0.482. The highest BCUT2D eigenvalue weighted by Crippen LogP contribution is 2.47. The average molecular weight is 373 g/mol. The Bertz CT molecular complexity index is 1030. The molecule has 3 aromatic carbocycles. The molecule has 5 rings (SSSR count). The zero-order valence-electron chi connectivity index (χ0n) is 16.0. The summed E-state index contributed by atoms with van der Waals surface area (Å²) in [4.78, 5) is 15.0. The SMILES string of the molecule is COc1ccc(CN2CCC3(CC2)OC(=O)c2ccc4ccccc4c23)cc1. The van der Waals surface area contributed by atoms with Gasteiger partial charge in [0.1, 0.15) is 11.4 Å². The van der Waals surface area contributed by atoms with E-state index in [1.807, 2.05) is 36.4 Å². The molecule has 0 aromatic heterocycles. The third-order valence-electron chi connectivity index (χ3n) is 6.12. The van der Waals surface area contributed by atoms with Crippen molar-refractivity contribution in [2.24, 2.45) is 0 Å². The Hall–Kier alpha value is -2.85. The number of carbonyl (C=O) groups is 1. The maximum atomic E-state index is 12.6. The van der Waals surface area contributed by atoms with Gasteiger partial charge in [-0.2, -0.15) is 0 Å². The molecule has 0 unspecified atom stereocenters. The van der Waals surface area contributed by atoms with E-state index in [0.717, 1.165) is 54.7 Å². The van der Waals surface area contributed by atoms with Gasteiger partial charge in [0.2, 0.25) is 0 Å². The molecule has 0 atom stereocenters. The van der Waals surface area contributed by atoms with E-state index < -0.39 is 5.60 Å². The molecule has 0 radical (unpaired) electrons.